The number of benzene rings is 1. The molecule has 0 atom stereocenters. The van der Waals surface area contributed by atoms with Gasteiger partial charge in [0.05, 0.1) is 4.90 Å². The van der Waals surface area contributed by atoms with E-state index in [0.717, 1.165) is 36.1 Å². The van der Waals surface area contributed by atoms with E-state index in [4.69, 9.17) is 5.14 Å². The van der Waals surface area contributed by atoms with Gasteiger partial charge in [-0.1, -0.05) is 12.1 Å². The molecule has 0 spiro atoms. The number of rotatable bonds is 4. The SMILES string of the molecule is Cn1nc(C(=O)NCc2ccc(S(N)(=O)=O)cc2)c2c1CCC2. The van der Waals surface area contributed by atoms with Crippen molar-refractivity contribution in [3.05, 3.63) is 46.8 Å². The predicted molar refractivity (Wildman–Crippen MR) is 84.2 cm³/mol. The molecule has 0 bridgehead atoms. The van der Waals surface area contributed by atoms with Crippen LogP contribution >= 0.6 is 0 Å². The highest BCUT2D eigenvalue weighted by atomic mass is 32.2. The van der Waals surface area contributed by atoms with Crippen molar-refractivity contribution < 1.29 is 13.2 Å². The molecule has 1 aromatic carbocycles. The van der Waals surface area contributed by atoms with Crippen molar-refractivity contribution in [1.29, 1.82) is 0 Å². The quantitative estimate of drug-likeness (QED) is 0.848. The molecule has 122 valence electrons. The number of carbonyl (C=O) groups is 1. The monoisotopic (exact) mass is 334 g/mol. The Morgan fingerprint density at radius 1 is 1.30 bits per heavy atom. The van der Waals surface area contributed by atoms with E-state index >= 15 is 0 Å². The summed E-state index contributed by atoms with van der Waals surface area (Å²) in [5, 5.41) is 12.2. The van der Waals surface area contributed by atoms with Crippen LogP contribution in [0.1, 0.15) is 33.7 Å². The van der Waals surface area contributed by atoms with E-state index in [1.165, 1.54) is 12.1 Å². The van der Waals surface area contributed by atoms with E-state index < -0.39 is 10.0 Å². The number of nitrogens with zero attached hydrogens (tertiary/aromatic N) is 2. The van der Waals surface area contributed by atoms with E-state index in [1.54, 1.807) is 16.8 Å². The highest BCUT2D eigenvalue weighted by Crippen LogP contribution is 2.24. The average Bonchev–Trinajstić information content (AvgIpc) is 3.09. The van der Waals surface area contributed by atoms with Crippen LogP contribution in [0.25, 0.3) is 0 Å². The number of nitrogens with one attached hydrogen (secondary N) is 1. The van der Waals surface area contributed by atoms with Gasteiger partial charge in [0.2, 0.25) is 10.0 Å². The third-order valence-corrected chi connectivity index (χ3v) is 4.96. The zero-order chi connectivity index (χ0) is 16.6. The molecule has 1 aromatic heterocycles. The topological polar surface area (TPSA) is 107 Å². The largest absolute Gasteiger partial charge is 0.347 e. The van der Waals surface area contributed by atoms with Crippen LogP contribution in [0.4, 0.5) is 0 Å². The maximum atomic E-state index is 12.3. The van der Waals surface area contributed by atoms with Crippen molar-refractivity contribution in [2.45, 2.75) is 30.7 Å². The number of carbonyl (C=O) groups excluding carboxylic acids is 1. The van der Waals surface area contributed by atoms with Gasteiger partial charge >= 0.3 is 0 Å². The zero-order valence-corrected chi connectivity index (χ0v) is 13.6. The van der Waals surface area contributed by atoms with E-state index in [-0.39, 0.29) is 10.8 Å². The lowest BCUT2D eigenvalue weighted by molar-refractivity contribution is 0.0944. The number of hydrogen-bond acceptors (Lipinski definition) is 4. The Morgan fingerprint density at radius 2 is 2.00 bits per heavy atom. The molecule has 23 heavy (non-hydrogen) atoms. The van der Waals surface area contributed by atoms with Gasteiger partial charge in [0.15, 0.2) is 5.69 Å². The molecule has 1 aliphatic rings. The van der Waals surface area contributed by atoms with Crippen molar-refractivity contribution in [3.63, 3.8) is 0 Å². The number of nitrogens with two attached hydrogens (primary N) is 1. The van der Waals surface area contributed by atoms with E-state index in [1.807, 2.05) is 7.05 Å². The molecule has 1 aliphatic carbocycles. The lowest BCUT2D eigenvalue weighted by atomic mass is 10.2. The summed E-state index contributed by atoms with van der Waals surface area (Å²) < 4.78 is 24.2. The number of amides is 1. The maximum absolute atomic E-state index is 12.3. The van der Waals surface area contributed by atoms with Gasteiger partial charge in [-0.15, -0.1) is 0 Å². The van der Waals surface area contributed by atoms with E-state index in [0.29, 0.717) is 12.2 Å². The van der Waals surface area contributed by atoms with Crippen molar-refractivity contribution in [2.24, 2.45) is 12.2 Å². The van der Waals surface area contributed by atoms with E-state index in [2.05, 4.69) is 10.4 Å². The molecule has 0 unspecified atom stereocenters. The van der Waals surface area contributed by atoms with Crippen molar-refractivity contribution in [2.75, 3.05) is 0 Å². The average molecular weight is 334 g/mol. The molecule has 1 amide bonds. The Bertz CT molecular complexity index is 854. The van der Waals surface area contributed by atoms with Crippen LogP contribution in [-0.4, -0.2) is 24.1 Å². The summed E-state index contributed by atoms with van der Waals surface area (Å²) in [4.78, 5) is 12.4. The van der Waals surface area contributed by atoms with Gasteiger partial charge in [-0.05, 0) is 37.0 Å². The van der Waals surface area contributed by atoms with Crippen LogP contribution in [0.3, 0.4) is 0 Å². The number of hydrogen-bond donors (Lipinski definition) is 2. The number of aryl methyl sites for hydroxylation is 1. The molecule has 0 fully saturated rings. The molecule has 8 heteroatoms. The Labute approximate surface area is 134 Å². The summed E-state index contributed by atoms with van der Waals surface area (Å²) in [5.74, 6) is -0.209. The molecule has 0 aliphatic heterocycles. The summed E-state index contributed by atoms with van der Waals surface area (Å²) in [6, 6.07) is 6.11. The van der Waals surface area contributed by atoms with Gasteiger partial charge in [-0.3, -0.25) is 9.48 Å². The summed E-state index contributed by atoms with van der Waals surface area (Å²) in [5.41, 5.74) is 3.45. The Morgan fingerprint density at radius 3 is 2.65 bits per heavy atom. The molecule has 3 N–H and O–H groups in total. The first-order valence-electron chi connectivity index (χ1n) is 7.31. The Hall–Kier alpha value is -2.19. The minimum atomic E-state index is -3.70. The molecule has 3 rings (SSSR count). The lowest BCUT2D eigenvalue weighted by Gasteiger charge is -2.05. The van der Waals surface area contributed by atoms with Crippen molar-refractivity contribution in [3.8, 4) is 0 Å². The molecule has 2 aromatic rings. The van der Waals surface area contributed by atoms with Gasteiger partial charge in [-0.25, -0.2) is 13.6 Å². The maximum Gasteiger partial charge on any atom is 0.272 e. The summed E-state index contributed by atoms with van der Waals surface area (Å²) >= 11 is 0. The van der Waals surface area contributed by atoms with Crippen LogP contribution in [-0.2, 0) is 36.5 Å². The van der Waals surface area contributed by atoms with Gasteiger partial charge in [0, 0.05) is 24.8 Å². The minimum absolute atomic E-state index is 0.0510. The predicted octanol–water partition coefficient (Wildman–Crippen LogP) is 0.486. The highest BCUT2D eigenvalue weighted by Gasteiger charge is 2.24. The molecule has 7 nitrogen and oxygen atoms in total. The number of primary sulfonamides is 1. The van der Waals surface area contributed by atoms with Crippen LogP contribution in [0.2, 0.25) is 0 Å². The first-order valence-corrected chi connectivity index (χ1v) is 8.85. The van der Waals surface area contributed by atoms with Crippen LogP contribution < -0.4 is 10.5 Å². The molecule has 0 radical (unpaired) electrons. The third kappa shape index (κ3) is 3.13. The van der Waals surface area contributed by atoms with Crippen LogP contribution in [0, 0.1) is 0 Å². The fourth-order valence-electron chi connectivity index (χ4n) is 2.86. The van der Waals surface area contributed by atoms with Gasteiger partial charge < -0.3 is 5.32 Å². The number of fused-ring (bicyclic) bond motifs is 1. The minimum Gasteiger partial charge on any atom is -0.347 e. The van der Waals surface area contributed by atoms with Gasteiger partial charge in [0.25, 0.3) is 5.91 Å². The Balaban J connectivity index is 1.69. The fourth-order valence-corrected chi connectivity index (χ4v) is 3.37. The normalized spacial score (nSPS) is 13.8. The van der Waals surface area contributed by atoms with Crippen LogP contribution in [0.15, 0.2) is 29.2 Å². The second-order valence-electron chi connectivity index (χ2n) is 5.62. The van der Waals surface area contributed by atoms with Crippen LogP contribution in [0.5, 0.6) is 0 Å². The lowest BCUT2D eigenvalue weighted by Crippen LogP contribution is -2.24. The highest BCUT2D eigenvalue weighted by molar-refractivity contribution is 7.89. The van der Waals surface area contributed by atoms with Gasteiger partial charge in [0.1, 0.15) is 0 Å². The van der Waals surface area contributed by atoms with Gasteiger partial charge in [-0.2, -0.15) is 5.10 Å². The smallest absolute Gasteiger partial charge is 0.272 e. The van der Waals surface area contributed by atoms with E-state index in [9.17, 15) is 13.2 Å². The standard InChI is InChI=1S/C15H18N4O3S/c1-19-13-4-2-3-12(13)14(18-19)15(20)17-9-10-5-7-11(8-6-10)23(16,21)22/h5-8H,2-4,9H2,1H3,(H,17,20)(H2,16,21,22). The zero-order valence-electron chi connectivity index (χ0n) is 12.7. The third-order valence-electron chi connectivity index (χ3n) is 4.04. The molecule has 1 heterocycles. The van der Waals surface area contributed by atoms with Crippen molar-refractivity contribution >= 4 is 15.9 Å². The number of sulfonamides is 1. The number of aromatic nitrogens is 2. The first kappa shape index (κ1) is 15.7. The summed E-state index contributed by atoms with van der Waals surface area (Å²) in [6.45, 7) is 0.301. The second kappa shape index (κ2) is 5.78. The molecule has 0 saturated heterocycles. The summed E-state index contributed by atoms with van der Waals surface area (Å²) in [6.07, 6.45) is 2.90. The Kier molecular flexibility index (Phi) is 3.95. The molecular formula is C15H18N4O3S. The van der Waals surface area contributed by atoms with Crippen molar-refractivity contribution in [1.82, 2.24) is 15.1 Å². The second-order valence-corrected chi connectivity index (χ2v) is 7.18. The fraction of sp³-hybridized carbons (Fsp3) is 0.333. The molecule has 0 saturated carbocycles. The molecular weight excluding hydrogens is 316 g/mol. The first-order chi connectivity index (χ1) is 10.9. The summed E-state index contributed by atoms with van der Waals surface area (Å²) in [7, 11) is -1.84.